The number of nitrogens with zero attached hydrogens (tertiary/aromatic N) is 1. The second-order valence-corrected chi connectivity index (χ2v) is 6.23. The standard InChI is InChI=1S/C13H26N2O/c1-10(2)15-9-6-11(12(15)16)14-8-7-13(3,4)5/h10-11,14H,6-9H2,1-5H3/t11-/m0/s1. The van der Waals surface area contributed by atoms with Crippen LogP contribution in [-0.4, -0.2) is 36.0 Å². The molecule has 0 radical (unpaired) electrons. The van der Waals surface area contributed by atoms with Crippen molar-refractivity contribution >= 4 is 5.91 Å². The van der Waals surface area contributed by atoms with Crippen LogP contribution in [0.15, 0.2) is 0 Å². The van der Waals surface area contributed by atoms with Crippen LogP contribution in [0.4, 0.5) is 0 Å². The number of rotatable bonds is 4. The molecule has 0 aromatic heterocycles. The van der Waals surface area contributed by atoms with Crippen molar-refractivity contribution in [3.63, 3.8) is 0 Å². The molecule has 1 rings (SSSR count). The molecule has 0 aliphatic carbocycles. The van der Waals surface area contributed by atoms with Crippen molar-refractivity contribution in [2.75, 3.05) is 13.1 Å². The topological polar surface area (TPSA) is 32.3 Å². The van der Waals surface area contributed by atoms with E-state index in [0.29, 0.717) is 11.5 Å². The predicted molar refractivity (Wildman–Crippen MR) is 67.3 cm³/mol. The molecule has 1 saturated heterocycles. The van der Waals surface area contributed by atoms with Crippen LogP contribution < -0.4 is 5.32 Å². The van der Waals surface area contributed by atoms with Crippen molar-refractivity contribution in [2.24, 2.45) is 5.41 Å². The second kappa shape index (κ2) is 5.17. The Kier molecular flexibility index (Phi) is 4.36. The van der Waals surface area contributed by atoms with E-state index < -0.39 is 0 Å². The van der Waals surface area contributed by atoms with Gasteiger partial charge in [0, 0.05) is 12.6 Å². The first-order valence-electron chi connectivity index (χ1n) is 6.35. The maximum Gasteiger partial charge on any atom is 0.240 e. The van der Waals surface area contributed by atoms with Crippen LogP contribution in [0, 0.1) is 5.41 Å². The number of nitrogens with one attached hydrogen (secondary N) is 1. The summed E-state index contributed by atoms with van der Waals surface area (Å²) >= 11 is 0. The first-order chi connectivity index (χ1) is 7.31. The quantitative estimate of drug-likeness (QED) is 0.795. The van der Waals surface area contributed by atoms with Crippen LogP contribution in [0.3, 0.4) is 0 Å². The van der Waals surface area contributed by atoms with E-state index in [2.05, 4.69) is 39.9 Å². The molecule has 0 unspecified atom stereocenters. The summed E-state index contributed by atoms with van der Waals surface area (Å²) in [5.41, 5.74) is 0.340. The highest BCUT2D eigenvalue weighted by atomic mass is 16.2. The Bertz CT molecular complexity index is 243. The normalized spacial score (nSPS) is 22.2. The van der Waals surface area contributed by atoms with Crippen LogP contribution in [0.1, 0.15) is 47.5 Å². The van der Waals surface area contributed by atoms with Crippen LogP contribution >= 0.6 is 0 Å². The lowest BCUT2D eigenvalue weighted by Gasteiger charge is -2.22. The third kappa shape index (κ3) is 3.78. The molecule has 0 aromatic carbocycles. The zero-order valence-electron chi connectivity index (χ0n) is 11.3. The summed E-state index contributed by atoms with van der Waals surface area (Å²) in [5, 5.41) is 3.38. The minimum Gasteiger partial charge on any atom is -0.339 e. The maximum atomic E-state index is 12.0. The molecular weight excluding hydrogens is 200 g/mol. The van der Waals surface area contributed by atoms with E-state index >= 15 is 0 Å². The summed E-state index contributed by atoms with van der Waals surface area (Å²) in [6.45, 7) is 12.7. The molecular formula is C13H26N2O. The largest absolute Gasteiger partial charge is 0.339 e. The molecule has 0 aromatic rings. The van der Waals surface area contributed by atoms with Gasteiger partial charge in [0.2, 0.25) is 5.91 Å². The van der Waals surface area contributed by atoms with Gasteiger partial charge in [-0.2, -0.15) is 0 Å². The molecule has 1 aliphatic heterocycles. The lowest BCUT2D eigenvalue weighted by molar-refractivity contribution is -0.130. The third-order valence-electron chi connectivity index (χ3n) is 3.13. The number of amides is 1. The number of hydrogen-bond acceptors (Lipinski definition) is 2. The Morgan fingerprint density at radius 2 is 2.06 bits per heavy atom. The molecule has 1 N–H and O–H groups in total. The number of likely N-dealkylation sites (tertiary alicyclic amines) is 1. The van der Waals surface area contributed by atoms with Gasteiger partial charge in [0.1, 0.15) is 0 Å². The fraction of sp³-hybridized carbons (Fsp3) is 0.923. The van der Waals surface area contributed by atoms with Gasteiger partial charge < -0.3 is 10.2 Å². The van der Waals surface area contributed by atoms with E-state index in [-0.39, 0.29) is 11.9 Å². The van der Waals surface area contributed by atoms with E-state index in [1.165, 1.54) is 0 Å². The SMILES string of the molecule is CC(C)N1CC[C@H](NCCC(C)(C)C)C1=O. The number of hydrogen-bond donors (Lipinski definition) is 1. The monoisotopic (exact) mass is 226 g/mol. The van der Waals surface area contributed by atoms with Gasteiger partial charge in [0.15, 0.2) is 0 Å². The zero-order valence-corrected chi connectivity index (χ0v) is 11.3. The van der Waals surface area contributed by atoms with Crippen LogP contribution in [0.5, 0.6) is 0 Å². The summed E-state index contributed by atoms with van der Waals surface area (Å²) in [6, 6.07) is 0.395. The smallest absolute Gasteiger partial charge is 0.240 e. The average Bonchev–Trinajstić information content (AvgIpc) is 2.46. The van der Waals surface area contributed by atoms with Crippen molar-refractivity contribution in [2.45, 2.75) is 59.5 Å². The maximum absolute atomic E-state index is 12.0. The molecule has 3 nitrogen and oxygen atoms in total. The fourth-order valence-electron chi connectivity index (χ4n) is 2.03. The van der Waals surface area contributed by atoms with Crippen LogP contribution in [-0.2, 0) is 4.79 Å². The molecule has 1 fully saturated rings. The number of carbonyl (C=O) groups is 1. The van der Waals surface area contributed by atoms with E-state index in [4.69, 9.17) is 0 Å². The summed E-state index contributed by atoms with van der Waals surface area (Å²) in [7, 11) is 0. The highest BCUT2D eigenvalue weighted by molar-refractivity contribution is 5.84. The minimum absolute atomic E-state index is 0.0600. The average molecular weight is 226 g/mol. The molecule has 1 amide bonds. The van der Waals surface area contributed by atoms with E-state index in [0.717, 1.165) is 25.9 Å². The highest BCUT2D eigenvalue weighted by Gasteiger charge is 2.32. The van der Waals surface area contributed by atoms with Gasteiger partial charge in [-0.1, -0.05) is 20.8 Å². The van der Waals surface area contributed by atoms with Gasteiger partial charge in [-0.15, -0.1) is 0 Å². The van der Waals surface area contributed by atoms with E-state index in [9.17, 15) is 4.79 Å². The van der Waals surface area contributed by atoms with Gasteiger partial charge in [0.05, 0.1) is 6.04 Å². The summed E-state index contributed by atoms with van der Waals surface area (Å²) in [5.74, 6) is 0.281. The van der Waals surface area contributed by atoms with Gasteiger partial charge in [-0.05, 0) is 38.6 Å². The Morgan fingerprint density at radius 3 is 2.50 bits per heavy atom. The molecule has 0 saturated carbocycles. The van der Waals surface area contributed by atoms with Crippen molar-refractivity contribution in [3.8, 4) is 0 Å². The lowest BCUT2D eigenvalue weighted by atomic mass is 9.92. The minimum atomic E-state index is 0.0600. The molecule has 16 heavy (non-hydrogen) atoms. The molecule has 0 bridgehead atoms. The Balaban J connectivity index is 2.32. The molecule has 3 heteroatoms. The molecule has 0 spiro atoms. The Hall–Kier alpha value is -0.570. The number of carbonyl (C=O) groups excluding carboxylic acids is 1. The van der Waals surface area contributed by atoms with Crippen molar-refractivity contribution in [3.05, 3.63) is 0 Å². The van der Waals surface area contributed by atoms with Crippen molar-refractivity contribution in [1.29, 1.82) is 0 Å². The van der Waals surface area contributed by atoms with Gasteiger partial charge >= 0.3 is 0 Å². The highest BCUT2D eigenvalue weighted by Crippen LogP contribution is 2.18. The predicted octanol–water partition coefficient (Wildman–Crippen LogP) is 2.02. The fourth-order valence-corrected chi connectivity index (χ4v) is 2.03. The van der Waals surface area contributed by atoms with Crippen molar-refractivity contribution < 1.29 is 4.79 Å². The Morgan fingerprint density at radius 1 is 1.44 bits per heavy atom. The molecule has 1 heterocycles. The van der Waals surface area contributed by atoms with E-state index in [1.54, 1.807) is 0 Å². The van der Waals surface area contributed by atoms with Crippen LogP contribution in [0.25, 0.3) is 0 Å². The Labute approximate surface area is 99.6 Å². The first kappa shape index (κ1) is 13.5. The lowest BCUT2D eigenvalue weighted by Crippen LogP contribution is -2.41. The van der Waals surface area contributed by atoms with Crippen LogP contribution in [0.2, 0.25) is 0 Å². The summed E-state index contributed by atoms with van der Waals surface area (Å²) in [4.78, 5) is 13.9. The third-order valence-corrected chi connectivity index (χ3v) is 3.13. The second-order valence-electron chi connectivity index (χ2n) is 6.23. The summed E-state index contributed by atoms with van der Waals surface area (Å²) in [6.07, 6.45) is 2.07. The van der Waals surface area contributed by atoms with Gasteiger partial charge in [0.25, 0.3) is 0 Å². The first-order valence-corrected chi connectivity index (χ1v) is 6.35. The summed E-state index contributed by atoms with van der Waals surface area (Å²) < 4.78 is 0. The van der Waals surface area contributed by atoms with Crippen molar-refractivity contribution in [1.82, 2.24) is 10.2 Å². The molecule has 1 aliphatic rings. The van der Waals surface area contributed by atoms with Gasteiger partial charge in [-0.25, -0.2) is 0 Å². The molecule has 94 valence electrons. The zero-order chi connectivity index (χ0) is 12.3. The van der Waals surface area contributed by atoms with Gasteiger partial charge in [-0.3, -0.25) is 4.79 Å². The molecule has 1 atom stereocenters. The van der Waals surface area contributed by atoms with E-state index in [1.807, 2.05) is 4.90 Å².